The van der Waals surface area contributed by atoms with Crippen LogP contribution in [0.5, 0.6) is 0 Å². The Morgan fingerprint density at radius 2 is 1.78 bits per heavy atom. The molecule has 2 aliphatic rings. The number of amides is 2. The van der Waals surface area contributed by atoms with Gasteiger partial charge in [-0.25, -0.2) is 4.79 Å². The molecule has 126 valence electrons. The molecule has 3 rings (SSSR count). The van der Waals surface area contributed by atoms with E-state index < -0.39 is 11.7 Å². The van der Waals surface area contributed by atoms with Gasteiger partial charge in [-0.2, -0.15) is 13.2 Å². The maximum absolute atomic E-state index is 13.2. The second-order valence-electron chi connectivity index (χ2n) is 6.44. The summed E-state index contributed by atoms with van der Waals surface area (Å²) in [7, 11) is 0. The molecular formula is C17H21F3N2O. The Kier molecular flexibility index (Phi) is 4.50. The third-order valence-electron chi connectivity index (χ3n) is 4.59. The number of hydrogen-bond donors (Lipinski definition) is 1. The van der Waals surface area contributed by atoms with Crippen LogP contribution in [0.4, 0.5) is 18.0 Å². The number of halogens is 3. The molecule has 1 N–H and O–H groups in total. The standard InChI is InChI=1S/C17H21F3N2O/c18-17(19,20)15-8-4-1-5-12(15)11-22(14-6-2-3-7-14)16(23)21-13-9-10-13/h1,4-5,8,13-14H,2-3,6-7,9-11H2,(H,21,23). The van der Waals surface area contributed by atoms with E-state index in [1.54, 1.807) is 11.0 Å². The highest BCUT2D eigenvalue weighted by Crippen LogP contribution is 2.34. The van der Waals surface area contributed by atoms with Crippen molar-refractivity contribution in [2.75, 3.05) is 0 Å². The van der Waals surface area contributed by atoms with Crippen LogP contribution in [0.1, 0.15) is 49.7 Å². The van der Waals surface area contributed by atoms with Crippen molar-refractivity contribution < 1.29 is 18.0 Å². The molecule has 2 fully saturated rings. The van der Waals surface area contributed by atoms with Crippen LogP contribution < -0.4 is 5.32 Å². The molecule has 2 amide bonds. The van der Waals surface area contributed by atoms with Gasteiger partial charge in [-0.15, -0.1) is 0 Å². The van der Waals surface area contributed by atoms with Gasteiger partial charge < -0.3 is 10.2 Å². The molecule has 0 radical (unpaired) electrons. The van der Waals surface area contributed by atoms with Crippen LogP contribution in [-0.2, 0) is 12.7 Å². The topological polar surface area (TPSA) is 32.3 Å². The third kappa shape index (κ3) is 3.98. The Hall–Kier alpha value is -1.72. The van der Waals surface area contributed by atoms with E-state index in [1.165, 1.54) is 12.1 Å². The van der Waals surface area contributed by atoms with Gasteiger partial charge in [0.15, 0.2) is 0 Å². The number of hydrogen-bond acceptors (Lipinski definition) is 1. The van der Waals surface area contributed by atoms with Gasteiger partial charge in [0.1, 0.15) is 0 Å². The summed E-state index contributed by atoms with van der Waals surface area (Å²) in [5, 5.41) is 2.92. The molecule has 0 atom stereocenters. The van der Waals surface area contributed by atoms with Crippen LogP contribution in [0.15, 0.2) is 24.3 Å². The number of nitrogens with one attached hydrogen (secondary N) is 1. The van der Waals surface area contributed by atoms with Crippen LogP contribution in [0, 0.1) is 0 Å². The van der Waals surface area contributed by atoms with Crippen molar-refractivity contribution in [3.8, 4) is 0 Å². The third-order valence-corrected chi connectivity index (χ3v) is 4.59. The number of alkyl halides is 3. The number of nitrogens with zero attached hydrogens (tertiary/aromatic N) is 1. The predicted molar refractivity (Wildman–Crippen MR) is 80.8 cm³/mol. The van der Waals surface area contributed by atoms with E-state index in [2.05, 4.69) is 5.32 Å². The van der Waals surface area contributed by atoms with E-state index in [0.29, 0.717) is 0 Å². The lowest BCUT2D eigenvalue weighted by atomic mass is 10.1. The maximum atomic E-state index is 13.2. The largest absolute Gasteiger partial charge is 0.416 e. The van der Waals surface area contributed by atoms with E-state index in [0.717, 1.165) is 44.6 Å². The summed E-state index contributed by atoms with van der Waals surface area (Å²) in [6, 6.07) is 5.54. The van der Waals surface area contributed by atoms with Crippen LogP contribution in [0.3, 0.4) is 0 Å². The molecule has 0 bridgehead atoms. The quantitative estimate of drug-likeness (QED) is 0.878. The number of urea groups is 1. The van der Waals surface area contributed by atoms with E-state index >= 15 is 0 Å². The fourth-order valence-electron chi connectivity index (χ4n) is 3.19. The van der Waals surface area contributed by atoms with Crippen LogP contribution in [0.25, 0.3) is 0 Å². The fraction of sp³-hybridized carbons (Fsp3) is 0.588. The van der Waals surface area contributed by atoms with Gasteiger partial charge >= 0.3 is 12.2 Å². The Morgan fingerprint density at radius 3 is 2.39 bits per heavy atom. The first-order valence-electron chi connectivity index (χ1n) is 8.17. The van der Waals surface area contributed by atoms with Crippen molar-refractivity contribution in [1.29, 1.82) is 0 Å². The van der Waals surface area contributed by atoms with Gasteiger partial charge in [-0.05, 0) is 37.3 Å². The van der Waals surface area contributed by atoms with Gasteiger partial charge in [0.25, 0.3) is 0 Å². The lowest BCUT2D eigenvalue weighted by Gasteiger charge is -2.30. The van der Waals surface area contributed by atoms with Gasteiger partial charge in [0, 0.05) is 18.6 Å². The van der Waals surface area contributed by atoms with Crippen molar-refractivity contribution in [2.24, 2.45) is 0 Å². The zero-order chi connectivity index (χ0) is 16.4. The molecule has 1 aromatic rings. The first-order valence-corrected chi connectivity index (χ1v) is 8.17. The van der Waals surface area contributed by atoms with E-state index in [4.69, 9.17) is 0 Å². The van der Waals surface area contributed by atoms with Gasteiger partial charge in [-0.1, -0.05) is 31.0 Å². The second kappa shape index (κ2) is 6.42. The first-order chi connectivity index (χ1) is 10.9. The van der Waals surface area contributed by atoms with E-state index in [-0.39, 0.29) is 30.2 Å². The summed E-state index contributed by atoms with van der Waals surface area (Å²) < 4.78 is 39.5. The minimum atomic E-state index is -4.40. The number of carbonyl (C=O) groups excluding carboxylic acids is 1. The highest BCUT2D eigenvalue weighted by Gasteiger charge is 2.36. The molecule has 1 aromatic carbocycles. The second-order valence-corrected chi connectivity index (χ2v) is 6.44. The predicted octanol–water partition coefficient (Wildman–Crippen LogP) is 4.32. The molecule has 0 heterocycles. The van der Waals surface area contributed by atoms with Crippen molar-refractivity contribution in [2.45, 2.75) is 63.3 Å². The number of benzene rings is 1. The molecule has 0 aromatic heterocycles. The summed E-state index contributed by atoms with van der Waals surface area (Å²) in [4.78, 5) is 14.1. The molecule has 0 spiro atoms. The Labute approximate surface area is 133 Å². The Bertz CT molecular complexity index is 563. The van der Waals surface area contributed by atoms with Gasteiger partial charge in [0.2, 0.25) is 0 Å². The van der Waals surface area contributed by atoms with Crippen LogP contribution in [-0.4, -0.2) is 23.0 Å². The summed E-state index contributed by atoms with van der Waals surface area (Å²) in [5.74, 6) is 0. The highest BCUT2D eigenvalue weighted by atomic mass is 19.4. The SMILES string of the molecule is O=C(NC1CC1)N(Cc1ccccc1C(F)(F)F)C1CCCC1. The molecule has 2 saturated carbocycles. The minimum absolute atomic E-state index is 0.0128. The number of carbonyl (C=O) groups is 1. The zero-order valence-corrected chi connectivity index (χ0v) is 12.9. The monoisotopic (exact) mass is 326 g/mol. The van der Waals surface area contributed by atoms with E-state index in [9.17, 15) is 18.0 Å². The maximum Gasteiger partial charge on any atom is 0.416 e. The summed E-state index contributed by atoms with van der Waals surface area (Å²) in [6.45, 7) is 0.0128. The summed E-state index contributed by atoms with van der Waals surface area (Å²) in [6.07, 6.45) is 1.31. The molecule has 0 aliphatic heterocycles. The summed E-state index contributed by atoms with van der Waals surface area (Å²) >= 11 is 0. The normalized spacial score (nSPS) is 18.9. The van der Waals surface area contributed by atoms with E-state index in [1.807, 2.05) is 0 Å². The lowest BCUT2D eigenvalue weighted by molar-refractivity contribution is -0.138. The molecule has 23 heavy (non-hydrogen) atoms. The fourth-order valence-corrected chi connectivity index (χ4v) is 3.19. The van der Waals surface area contributed by atoms with Crippen molar-refractivity contribution in [3.63, 3.8) is 0 Å². The van der Waals surface area contributed by atoms with Gasteiger partial charge in [-0.3, -0.25) is 0 Å². The Morgan fingerprint density at radius 1 is 1.13 bits per heavy atom. The van der Waals surface area contributed by atoms with Crippen LogP contribution in [0.2, 0.25) is 0 Å². The van der Waals surface area contributed by atoms with Crippen molar-refractivity contribution in [3.05, 3.63) is 35.4 Å². The molecule has 0 unspecified atom stereocenters. The number of rotatable bonds is 4. The molecule has 6 heteroatoms. The minimum Gasteiger partial charge on any atom is -0.335 e. The molecule has 3 nitrogen and oxygen atoms in total. The van der Waals surface area contributed by atoms with Crippen LogP contribution >= 0.6 is 0 Å². The van der Waals surface area contributed by atoms with Crippen molar-refractivity contribution >= 4 is 6.03 Å². The molecular weight excluding hydrogens is 305 g/mol. The zero-order valence-electron chi connectivity index (χ0n) is 12.9. The van der Waals surface area contributed by atoms with Gasteiger partial charge in [0.05, 0.1) is 5.56 Å². The van der Waals surface area contributed by atoms with Crippen molar-refractivity contribution in [1.82, 2.24) is 10.2 Å². The smallest absolute Gasteiger partial charge is 0.335 e. The average molecular weight is 326 g/mol. The summed E-state index contributed by atoms with van der Waals surface area (Å²) in [5.41, 5.74) is -0.486. The average Bonchev–Trinajstić information content (AvgIpc) is 3.14. The lowest BCUT2D eigenvalue weighted by Crippen LogP contribution is -2.45. The molecule has 0 saturated heterocycles. The molecule has 2 aliphatic carbocycles. The highest BCUT2D eigenvalue weighted by molar-refractivity contribution is 5.75. The first kappa shape index (κ1) is 16.1. The Balaban J connectivity index is 1.81.